The van der Waals surface area contributed by atoms with Gasteiger partial charge in [0.25, 0.3) is 5.91 Å². The summed E-state index contributed by atoms with van der Waals surface area (Å²) in [5.74, 6) is -8.22. The Labute approximate surface area is 629 Å². The number of unbranched alkanes of at least 4 members (excludes halogenated alkanes) is 1. The molecule has 11 amide bonds. The van der Waals surface area contributed by atoms with Gasteiger partial charge in [0.2, 0.25) is 29.5 Å². The van der Waals surface area contributed by atoms with Crippen molar-refractivity contribution in [1.82, 2.24) is 78.1 Å². The largest absolute Gasteiger partial charge is 0.508 e. The Hall–Kier alpha value is -8.97. The lowest BCUT2D eigenvalue weighted by Gasteiger charge is -2.39. The molecule has 1 aliphatic heterocycles. The second-order valence-electron chi connectivity index (χ2n) is 26.7. The number of aliphatic carboxylic acids is 3. The number of likely N-dealkylation sites (tertiary alicyclic amines) is 1. The van der Waals surface area contributed by atoms with Gasteiger partial charge in [-0.2, -0.15) is 0 Å². The van der Waals surface area contributed by atoms with E-state index >= 15 is 0 Å². The zero-order valence-electron chi connectivity index (χ0n) is 61.7. The number of carbonyl (C=O) groups excluding carboxylic acids is 10. The van der Waals surface area contributed by atoms with Crippen LogP contribution in [0.3, 0.4) is 0 Å². The van der Waals surface area contributed by atoms with Crippen molar-refractivity contribution in [2.24, 2.45) is 17.8 Å². The fourth-order valence-corrected chi connectivity index (χ4v) is 14.2. The summed E-state index contributed by atoms with van der Waals surface area (Å²) in [7, 11) is 4.55. The number of phenolic OH excluding ortho intramolecular Hbond substituents is 1. The number of H-pyrrole nitrogens is 1. The number of thiazole rings is 1. The van der Waals surface area contributed by atoms with Crippen LogP contribution in [0.2, 0.25) is 0 Å². The zero-order chi connectivity index (χ0) is 78.4. The van der Waals surface area contributed by atoms with E-state index in [9.17, 15) is 77.6 Å². The molecule has 1 fully saturated rings. The molecule has 1 aromatic carbocycles. The van der Waals surface area contributed by atoms with Gasteiger partial charge in [0, 0.05) is 91.1 Å². The number of esters is 1. The highest BCUT2D eigenvalue weighted by Crippen LogP contribution is 2.26. The average Bonchev–Trinajstić information content (AvgIpc) is 0.833. The van der Waals surface area contributed by atoms with Crippen LogP contribution in [-0.4, -0.2) is 222 Å². The summed E-state index contributed by atoms with van der Waals surface area (Å²) in [6.45, 7) is 15.1. The summed E-state index contributed by atoms with van der Waals surface area (Å²) < 4.78 is 11.0. The van der Waals surface area contributed by atoms with Crippen molar-refractivity contribution in [3.05, 3.63) is 64.1 Å². The number of ether oxygens (including phenoxy) is 2. The van der Waals surface area contributed by atoms with Gasteiger partial charge < -0.3 is 82.3 Å². The van der Waals surface area contributed by atoms with E-state index in [4.69, 9.17) is 14.6 Å². The molecule has 2 aromatic heterocycles. The molecule has 3 aromatic rings. The van der Waals surface area contributed by atoms with Gasteiger partial charge in [-0.3, -0.25) is 53.5 Å². The molecule has 3 heterocycles. The molecule has 34 nitrogen and oxygen atoms in total. The molecule has 0 aliphatic carbocycles. The summed E-state index contributed by atoms with van der Waals surface area (Å²) in [5, 5.41) is 61.1. The van der Waals surface area contributed by atoms with Crippen LogP contribution in [0.1, 0.15) is 172 Å². The number of aromatic amines is 1. The highest BCUT2D eigenvalue weighted by atomic mass is 33.1. The molecule has 0 saturated carbocycles. The number of carboxylic acid groups (broad SMARTS) is 3. The Bertz CT molecular complexity index is 3330. The number of benzene rings is 1. The molecule has 0 radical (unpaired) electrons. The van der Waals surface area contributed by atoms with Gasteiger partial charge >= 0.3 is 42.0 Å². The van der Waals surface area contributed by atoms with Gasteiger partial charge in [0.05, 0.1) is 23.8 Å². The number of aryl methyl sites for hydroxylation is 1. The first-order valence-electron chi connectivity index (χ1n) is 35.7. The Balaban J connectivity index is 1.25. The van der Waals surface area contributed by atoms with Gasteiger partial charge in [0.15, 0.2) is 6.73 Å². The third kappa shape index (κ3) is 33.6. The Kier molecular flexibility index (Phi) is 40.1. The number of nitrogens with one attached hydrogen (secondary N) is 11. The van der Waals surface area contributed by atoms with Crippen LogP contribution in [0.4, 0.5) is 14.4 Å². The van der Waals surface area contributed by atoms with E-state index in [1.165, 1.54) is 57.6 Å². The number of piperidine rings is 1. The van der Waals surface area contributed by atoms with E-state index in [2.05, 4.69) is 68.3 Å². The molecule has 1 unspecified atom stereocenters. The Morgan fingerprint density at radius 1 is 0.745 bits per heavy atom. The molecule has 106 heavy (non-hydrogen) atoms. The van der Waals surface area contributed by atoms with E-state index in [-0.39, 0.29) is 98.9 Å². The molecule has 0 spiro atoms. The van der Waals surface area contributed by atoms with Crippen molar-refractivity contribution in [2.45, 2.75) is 219 Å². The monoisotopic (exact) mass is 1550 g/mol. The van der Waals surface area contributed by atoms with Gasteiger partial charge in [-0.1, -0.05) is 88.1 Å². The number of likely N-dealkylation sites (N-methyl/N-ethyl adjacent to an activating group) is 1. The summed E-state index contributed by atoms with van der Waals surface area (Å²) in [5.41, 5.74) is 5.94. The minimum atomic E-state index is -1.61. The standard InChI is InChI=1S/C69H107N15O19S3/c1-10-16-58(90)103-39-84(65(96)59(41(5)11-2)80-64(95)54-18-13-15-28-83(54)9)53(40(3)4)24-25-55-76-52(37-104-55)63(94)75-46(32-45-19-21-48(85)22-20-45)31-42(6)60(91)81-82-69(101)102-29-30-105-106-36-44(8)73-61(92)50(33-47-35-70-38-72-47)77-62(93)51(34-57(88)89)79-67(99)71-27-14-12-17-43(7)74-68(100)78-49(66(97)98)23-26-56(86)87/h19-22,35,37-38,40-44,46,49-51,53-54,59,85H,10-18,23-34,36,39H2,1-9H3,(H,70,72)(H,73,92)(H,75,94)(H,77,93)(H,80,95)(H,81,91)(H,82,101)(H,86,87)(H,88,89)(H,97,98)(H2,71,79,99)(H2,74,78,100)/t41?,42-,43+,44+,46+,49-,50-,51-,53+,54+,59-/m0/s1. The van der Waals surface area contributed by atoms with Crippen molar-refractivity contribution in [3.63, 3.8) is 0 Å². The first kappa shape index (κ1) is 89.4. The number of carboxylic acids is 3. The SMILES string of the molecule is CCCC(=O)OCN(C(=O)[C@@H](NC(=O)[C@H]1CCCCN1C)C(C)CC)[C@H](CCc1nc(C(=O)N[C@@H](Cc2ccc(O)cc2)C[C@H](C)C(=O)NNC(=O)OCCSSC[C@@H](C)NC(=O)[C@H](Cc2cnc[nH]2)NC(=O)[C@H](CC(=O)O)NC(=O)NCCCC[C@@H](C)NC(=O)N[C@@H](CCC(=O)O)C(=O)O)cs1)C(C)C. The molecule has 0 bridgehead atoms. The molecule has 4 rings (SSSR count). The van der Waals surface area contributed by atoms with Crippen LogP contribution < -0.4 is 53.4 Å². The molecule has 11 atom stereocenters. The molecule has 1 saturated heterocycles. The second-order valence-corrected chi connectivity index (χ2v) is 30.3. The predicted molar refractivity (Wildman–Crippen MR) is 395 cm³/mol. The smallest absolute Gasteiger partial charge is 0.426 e. The number of hydrogen-bond donors (Lipinski definition) is 15. The zero-order valence-corrected chi connectivity index (χ0v) is 64.1. The van der Waals surface area contributed by atoms with E-state index in [1.54, 1.807) is 43.2 Å². The molecular formula is C69H107N15O19S3. The van der Waals surface area contributed by atoms with Crippen molar-refractivity contribution >= 4 is 110 Å². The van der Waals surface area contributed by atoms with Gasteiger partial charge in [0.1, 0.15) is 42.2 Å². The van der Waals surface area contributed by atoms with Crippen LogP contribution in [0, 0.1) is 17.8 Å². The number of carbonyl (C=O) groups is 13. The fourth-order valence-electron chi connectivity index (χ4n) is 11.3. The maximum Gasteiger partial charge on any atom is 0.426 e. The quantitative estimate of drug-likeness (QED) is 0.0119. The third-order valence-electron chi connectivity index (χ3n) is 17.5. The average molecular weight is 1550 g/mol. The minimum Gasteiger partial charge on any atom is -0.508 e. The summed E-state index contributed by atoms with van der Waals surface area (Å²) >= 11 is 1.26. The number of amides is 11. The third-order valence-corrected chi connectivity index (χ3v) is 20.9. The number of aromatic nitrogens is 3. The van der Waals surface area contributed by atoms with Crippen LogP contribution >= 0.6 is 32.9 Å². The number of imidazole rings is 1. The molecule has 590 valence electrons. The van der Waals surface area contributed by atoms with E-state index in [0.717, 1.165) is 24.9 Å². The summed E-state index contributed by atoms with van der Waals surface area (Å²) in [4.78, 5) is 183. The van der Waals surface area contributed by atoms with Crippen molar-refractivity contribution < 1.29 is 92.2 Å². The highest BCUT2D eigenvalue weighted by Gasteiger charge is 2.38. The lowest BCUT2D eigenvalue weighted by molar-refractivity contribution is -0.159. The first-order valence-corrected chi connectivity index (χ1v) is 39.1. The van der Waals surface area contributed by atoms with E-state index in [0.29, 0.717) is 67.8 Å². The molecular weight excluding hydrogens is 1440 g/mol. The maximum absolute atomic E-state index is 14.8. The molecule has 37 heteroatoms. The van der Waals surface area contributed by atoms with Crippen molar-refractivity contribution in [1.29, 1.82) is 0 Å². The van der Waals surface area contributed by atoms with Gasteiger partial charge in [-0.15, -0.1) is 11.3 Å². The van der Waals surface area contributed by atoms with Crippen molar-refractivity contribution in [2.75, 3.05) is 45.0 Å². The highest BCUT2D eigenvalue weighted by molar-refractivity contribution is 8.76. The minimum absolute atomic E-state index is 0.0368. The number of hydrogen-bond acceptors (Lipinski definition) is 22. The predicted octanol–water partition coefficient (Wildman–Crippen LogP) is 4.73. The first-order chi connectivity index (χ1) is 50.4. The summed E-state index contributed by atoms with van der Waals surface area (Å²) in [6, 6.07) is -2.85. The van der Waals surface area contributed by atoms with Crippen LogP contribution in [-0.2, 0) is 71.9 Å². The number of phenols is 1. The van der Waals surface area contributed by atoms with Crippen molar-refractivity contribution in [3.8, 4) is 5.75 Å². The molecule has 1 aliphatic rings. The lowest BCUT2D eigenvalue weighted by Crippen LogP contribution is -2.59. The second kappa shape index (κ2) is 47.6. The van der Waals surface area contributed by atoms with Gasteiger partial charge in [-0.25, -0.2) is 34.6 Å². The maximum atomic E-state index is 14.8. The number of hydrazine groups is 1. The number of rotatable bonds is 47. The topological polar surface area (TPSA) is 490 Å². The lowest BCUT2D eigenvalue weighted by atomic mass is 9.93. The van der Waals surface area contributed by atoms with Crippen LogP contribution in [0.15, 0.2) is 42.2 Å². The van der Waals surface area contributed by atoms with E-state index in [1.807, 2.05) is 46.6 Å². The van der Waals surface area contributed by atoms with Crippen LogP contribution in [0.25, 0.3) is 0 Å². The van der Waals surface area contributed by atoms with Crippen LogP contribution in [0.5, 0.6) is 5.75 Å². The fraction of sp³-hybridized carbons (Fsp3) is 0.638. The number of urea groups is 2. The summed E-state index contributed by atoms with van der Waals surface area (Å²) in [6.07, 6.45) is 6.39. The normalized spacial score (nSPS) is 15.7. The number of nitrogens with zero attached hydrogens (tertiary/aromatic N) is 4. The van der Waals surface area contributed by atoms with Gasteiger partial charge in [-0.05, 0) is 121 Å². The van der Waals surface area contributed by atoms with E-state index < -0.39 is 133 Å². The Morgan fingerprint density at radius 2 is 1.46 bits per heavy atom. The Morgan fingerprint density at radius 3 is 2.11 bits per heavy atom. The number of aromatic hydroxyl groups is 1. The molecule has 15 N–H and O–H groups in total.